The van der Waals surface area contributed by atoms with Crippen LogP contribution in [0.25, 0.3) is 0 Å². The summed E-state index contributed by atoms with van der Waals surface area (Å²) >= 11 is 0. The van der Waals surface area contributed by atoms with E-state index in [9.17, 15) is 0 Å². The van der Waals surface area contributed by atoms with E-state index in [1.54, 1.807) is 0 Å². The summed E-state index contributed by atoms with van der Waals surface area (Å²) in [6, 6.07) is 18.1. The largest absolute Gasteiger partial charge is 0.378 e. The molecule has 0 bridgehead atoms. The van der Waals surface area contributed by atoms with Crippen LogP contribution in [0.15, 0.2) is 48.5 Å². The quantitative estimate of drug-likeness (QED) is 0.837. The fourth-order valence-electron chi connectivity index (χ4n) is 2.74. The van der Waals surface area contributed by atoms with Crippen molar-refractivity contribution in [2.45, 2.75) is 32.2 Å². The molecule has 0 saturated heterocycles. The molecule has 1 atom stereocenters. The van der Waals surface area contributed by atoms with Crippen molar-refractivity contribution in [1.82, 2.24) is 0 Å². The first-order chi connectivity index (χ1) is 8.86. The summed E-state index contributed by atoms with van der Waals surface area (Å²) in [4.78, 5) is 0. The molecule has 1 aliphatic carbocycles. The van der Waals surface area contributed by atoms with E-state index in [1.165, 1.54) is 35.2 Å². The van der Waals surface area contributed by atoms with Crippen molar-refractivity contribution in [3.05, 3.63) is 65.2 Å². The van der Waals surface area contributed by atoms with Gasteiger partial charge in [-0.15, -0.1) is 0 Å². The van der Waals surface area contributed by atoms with Gasteiger partial charge in [-0.2, -0.15) is 0 Å². The van der Waals surface area contributed by atoms with E-state index in [0.29, 0.717) is 6.04 Å². The highest BCUT2D eigenvalue weighted by atomic mass is 14.9. The van der Waals surface area contributed by atoms with Gasteiger partial charge < -0.3 is 5.32 Å². The van der Waals surface area contributed by atoms with Crippen molar-refractivity contribution < 1.29 is 0 Å². The van der Waals surface area contributed by atoms with Crippen LogP contribution in [0.2, 0.25) is 0 Å². The van der Waals surface area contributed by atoms with Gasteiger partial charge in [-0.3, -0.25) is 0 Å². The van der Waals surface area contributed by atoms with Gasteiger partial charge in [-0.05, 0) is 48.1 Å². The smallest absolute Gasteiger partial charge is 0.0519 e. The van der Waals surface area contributed by atoms with Gasteiger partial charge in [-0.1, -0.05) is 43.3 Å². The van der Waals surface area contributed by atoms with Crippen LogP contribution < -0.4 is 5.32 Å². The molecule has 0 saturated carbocycles. The summed E-state index contributed by atoms with van der Waals surface area (Å²) < 4.78 is 0. The van der Waals surface area contributed by atoms with Crippen LogP contribution in [0.1, 0.15) is 36.1 Å². The maximum atomic E-state index is 3.65. The minimum absolute atomic E-state index is 0.480. The third kappa shape index (κ3) is 2.13. The highest BCUT2D eigenvalue weighted by molar-refractivity contribution is 5.49. The average Bonchev–Trinajstić information content (AvgIpc) is 2.83. The van der Waals surface area contributed by atoms with E-state index in [-0.39, 0.29) is 0 Å². The Morgan fingerprint density at radius 2 is 1.83 bits per heavy atom. The fourth-order valence-corrected chi connectivity index (χ4v) is 2.74. The van der Waals surface area contributed by atoms with Crippen molar-refractivity contribution in [3.63, 3.8) is 0 Å². The number of anilines is 1. The number of rotatable bonds is 3. The number of hydrogen-bond acceptors (Lipinski definition) is 1. The topological polar surface area (TPSA) is 12.0 Å². The summed E-state index contributed by atoms with van der Waals surface area (Å²) in [5.74, 6) is 0. The molecule has 1 N–H and O–H groups in total. The lowest BCUT2D eigenvalue weighted by Gasteiger charge is -2.15. The first-order valence-electron chi connectivity index (χ1n) is 6.80. The molecule has 3 rings (SSSR count). The molecule has 0 heterocycles. The Morgan fingerprint density at radius 1 is 1.06 bits per heavy atom. The zero-order chi connectivity index (χ0) is 12.4. The molecule has 0 radical (unpaired) electrons. The molecule has 0 fully saturated rings. The molecule has 18 heavy (non-hydrogen) atoms. The molecule has 0 aliphatic heterocycles. The normalized spacial score (nSPS) is 17.5. The summed E-state index contributed by atoms with van der Waals surface area (Å²) in [5, 5.41) is 3.65. The van der Waals surface area contributed by atoms with Gasteiger partial charge in [0.1, 0.15) is 0 Å². The van der Waals surface area contributed by atoms with Crippen LogP contribution in [-0.2, 0) is 12.8 Å². The highest BCUT2D eigenvalue weighted by Gasteiger charge is 2.21. The number of hydrogen-bond donors (Lipinski definition) is 1. The van der Waals surface area contributed by atoms with Gasteiger partial charge in [0.15, 0.2) is 0 Å². The van der Waals surface area contributed by atoms with Crippen molar-refractivity contribution >= 4 is 5.69 Å². The van der Waals surface area contributed by atoms with Crippen molar-refractivity contribution in [1.29, 1.82) is 0 Å². The number of nitrogens with one attached hydrogen (secondary N) is 1. The minimum Gasteiger partial charge on any atom is -0.378 e. The van der Waals surface area contributed by atoms with E-state index < -0.39 is 0 Å². The Bertz CT molecular complexity index is 528. The molecule has 0 aromatic heterocycles. The lowest BCUT2D eigenvalue weighted by Crippen LogP contribution is -2.06. The third-order valence-corrected chi connectivity index (χ3v) is 3.84. The Kier molecular flexibility index (Phi) is 3.06. The number of benzene rings is 2. The van der Waals surface area contributed by atoms with Crippen LogP contribution in [0, 0.1) is 0 Å². The Labute approximate surface area is 109 Å². The van der Waals surface area contributed by atoms with Crippen molar-refractivity contribution in [2.24, 2.45) is 0 Å². The average molecular weight is 237 g/mol. The molecule has 92 valence electrons. The van der Waals surface area contributed by atoms with E-state index in [0.717, 1.165) is 6.42 Å². The first kappa shape index (κ1) is 11.3. The SMILES string of the molecule is CCc1ccc(NC2CCc3ccccc32)cc1. The van der Waals surface area contributed by atoms with Gasteiger partial charge in [-0.25, -0.2) is 0 Å². The van der Waals surface area contributed by atoms with Gasteiger partial charge in [0.05, 0.1) is 6.04 Å². The lowest BCUT2D eigenvalue weighted by atomic mass is 10.1. The second kappa shape index (κ2) is 4.85. The summed E-state index contributed by atoms with van der Waals surface area (Å²) in [6.07, 6.45) is 3.50. The Hall–Kier alpha value is -1.76. The summed E-state index contributed by atoms with van der Waals surface area (Å²) in [7, 11) is 0. The van der Waals surface area contributed by atoms with Crippen LogP contribution in [0.4, 0.5) is 5.69 Å². The van der Waals surface area contributed by atoms with Gasteiger partial charge >= 0.3 is 0 Å². The fraction of sp³-hybridized carbons (Fsp3) is 0.294. The Morgan fingerprint density at radius 3 is 2.61 bits per heavy atom. The molecular formula is C17H19N. The molecule has 2 aromatic carbocycles. The predicted molar refractivity (Wildman–Crippen MR) is 76.9 cm³/mol. The molecule has 1 heteroatoms. The van der Waals surface area contributed by atoms with E-state index in [4.69, 9.17) is 0 Å². The van der Waals surface area contributed by atoms with E-state index in [1.807, 2.05) is 0 Å². The molecule has 1 aliphatic rings. The minimum atomic E-state index is 0.480. The van der Waals surface area contributed by atoms with Gasteiger partial charge in [0.2, 0.25) is 0 Å². The first-order valence-corrected chi connectivity index (χ1v) is 6.80. The van der Waals surface area contributed by atoms with Crippen LogP contribution in [0.5, 0.6) is 0 Å². The van der Waals surface area contributed by atoms with Crippen molar-refractivity contribution in [3.8, 4) is 0 Å². The molecule has 0 amide bonds. The lowest BCUT2D eigenvalue weighted by molar-refractivity contribution is 0.762. The second-order valence-corrected chi connectivity index (χ2v) is 4.98. The third-order valence-electron chi connectivity index (χ3n) is 3.84. The monoisotopic (exact) mass is 237 g/mol. The van der Waals surface area contributed by atoms with Crippen molar-refractivity contribution in [2.75, 3.05) is 5.32 Å². The summed E-state index contributed by atoms with van der Waals surface area (Å²) in [5.41, 5.74) is 5.60. The maximum Gasteiger partial charge on any atom is 0.0519 e. The molecule has 0 spiro atoms. The molecular weight excluding hydrogens is 218 g/mol. The van der Waals surface area contributed by atoms with Crippen LogP contribution in [-0.4, -0.2) is 0 Å². The highest BCUT2D eigenvalue weighted by Crippen LogP contribution is 2.33. The predicted octanol–water partition coefficient (Wildman–Crippen LogP) is 4.35. The van der Waals surface area contributed by atoms with Crippen LogP contribution >= 0.6 is 0 Å². The maximum absolute atomic E-state index is 3.65. The molecule has 1 nitrogen and oxygen atoms in total. The second-order valence-electron chi connectivity index (χ2n) is 4.98. The number of aryl methyl sites for hydroxylation is 2. The van der Waals surface area contributed by atoms with Gasteiger partial charge in [0, 0.05) is 5.69 Å². The molecule has 1 unspecified atom stereocenters. The van der Waals surface area contributed by atoms with Crippen LogP contribution in [0.3, 0.4) is 0 Å². The Balaban J connectivity index is 1.77. The zero-order valence-corrected chi connectivity index (χ0v) is 10.8. The van der Waals surface area contributed by atoms with E-state index >= 15 is 0 Å². The van der Waals surface area contributed by atoms with Gasteiger partial charge in [0.25, 0.3) is 0 Å². The zero-order valence-electron chi connectivity index (χ0n) is 10.8. The summed E-state index contributed by atoms with van der Waals surface area (Å²) in [6.45, 7) is 2.19. The standard InChI is InChI=1S/C17H19N/c1-2-13-7-10-15(11-8-13)18-17-12-9-14-5-3-4-6-16(14)17/h3-8,10-11,17-18H,2,9,12H2,1H3. The van der Waals surface area contributed by atoms with E-state index in [2.05, 4.69) is 60.8 Å². The number of fused-ring (bicyclic) bond motifs is 1. The molecule has 2 aromatic rings.